The predicted octanol–water partition coefficient (Wildman–Crippen LogP) is 9.03. The molecule has 4 atom stereocenters. The van der Waals surface area contributed by atoms with Gasteiger partial charge < -0.3 is 0 Å². The minimum atomic E-state index is -1.66. The van der Waals surface area contributed by atoms with Gasteiger partial charge in [0.1, 0.15) is 7.26 Å². The summed E-state index contributed by atoms with van der Waals surface area (Å²) in [5.74, 6) is 0. The first-order valence-corrected chi connectivity index (χ1v) is 17.8. The average Bonchev–Trinajstić information content (AvgIpc) is 2.39. The van der Waals surface area contributed by atoms with Crippen molar-refractivity contribution in [2.45, 2.75) is 109 Å². The van der Waals surface area contributed by atoms with Crippen LogP contribution in [0.15, 0.2) is 0 Å². The van der Waals surface area contributed by atoms with E-state index in [0.29, 0.717) is 45.7 Å². The molecule has 0 amide bonds. The van der Waals surface area contributed by atoms with E-state index in [4.69, 9.17) is 0 Å². The van der Waals surface area contributed by atoms with Gasteiger partial charge in [-0.15, -0.1) is 0 Å². The molecule has 0 aromatic rings. The minimum absolute atomic E-state index is 0.0418. The lowest BCUT2D eigenvalue weighted by Gasteiger charge is -3.15. The van der Waals surface area contributed by atoms with E-state index in [1.807, 2.05) is 6.92 Å². The molecule has 0 aromatic heterocycles. The van der Waals surface area contributed by atoms with E-state index in [1.54, 1.807) is 0 Å². The van der Waals surface area contributed by atoms with Gasteiger partial charge in [0.15, 0.2) is 16.5 Å². The van der Waals surface area contributed by atoms with Crippen LogP contribution < -0.4 is 0 Å². The Bertz CT molecular complexity index is 823. The summed E-state index contributed by atoms with van der Waals surface area (Å²) in [6, 6.07) is 0. The third-order valence-corrected chi connectivity index (χ3v) is 48.7. The zero-order chi connectivity index (χ0) is 21.7. The van der Waals surface area contributed by atoms with Crippen LogP contribution in [0.2, 0.25) is 0 Å². The van der Waals surface area contributed by atoms with Gasteiger partial charge >= 0.3 is 0 Å². The summed E-state index contributed by atoms with van der Waals surface area (Å²) >= 11 is 0. The maximum Gasteiger partial charge on any atom is 0.276 e. The van der Waals surface area contributed by atoms with Crippen molar-refractivity contribution in [3.05, 3.63) is 0 Å². The van der Waals surface area contributed by atoms with Crippen LogP contribution in [0, 0.1) is 21.7 Å². The van der Waals surface area contributed by atoms with Gasteiger partial charge in [-0.05, 0) is 0 Å². The highest BCUT2D eigenvalue weighted by Crippen LogP contribution is 3.62. The Morgan fingerprint density at radius 3 is 1.18 bits per heavy atom. The van der Waals surface area contributed by atoms with Gasteiger partial charge in [0.05, 0.1) is 22.5 Å². The second kappa shape index (κ2) is 4.30. The highest BCUT2D eigenvalue weighted by Gasteiger charge is 3.46. The van der Waals surface area contributed by atoms with Crippen LogP contribution in [-0.2, 0) is 4.79 Å². The van der Waals surface area contributed by atoms with Crippen LogP contribution in [0.4, 0.5) is 0 Å². The standard InChI is InChI=1S/C23H42OP4/c1-15(24)28-21(17(5,6)7)25-20(16(2,3)4)26(21)23(28,19(11,12)13)27(20,14)22(25,28)18(8,9)10/h1-14H3/q+2. The first kappa shape index (κ1) is 21.2. The van der Waals surface area contributed by atoms with Crippen molar-refractivity contribution in [3.63, 3.8) is 0 Å². The summed E-state index contributed by atoms with van der Waals surface area (Å²) in [6.45, 7) is 35.3. The third-order valence-electron chi connectivity index (χ3n) is 9.64. The van der Waals surface area contributed by atoms with Crippen molar-refractivity contribution in [3.8, 4) is 0 Å². The molecule has 0 aromatic carbocycles. The molecular formula is C23H42OP4+2. The molecule has 0 spiro atoms. The molecule has 0 N–H and O–H groups in total. The smallest absolute Gasteiger partial charge is 0.253 e. The highest BCUT2D eigenvalue weighted by molar-refractivity contribution is 8.63. The molecule has 6 fully saturated rings. The normalized spacial score (nSPS) is 57.9. The number of carbonyl (C=O) groups is 1. The Morgan fingerprint density at radius 1 is 0.643 bits per heavy atom. The van der Waals surface area contributed by atoms with E-state index in [9.17, 15) is 4.79 Å². The SMILES string of the molecule is CC(=O)[P+]12C3(C(C)(C)C)P4C5(C(C)(C)C)P3C1(C(C)(C)C)[P+]5(C)C42C(C)(C)C. The molecule has 0 radical (unpaired) electrons. The molecule has 6 heterocycles. The van der Waals surface area contributed by atoms with Crippen molar-refractivity contribution in [1.29, 1.82) is 0 Å². The largest absolute Gasteiger partial charge is 0.276 e. The number of carbonyl (C=O) groups excluding carboxylic acids is 1. The molecule has 0 saturated carbocycles. The molecule has 6 aliphatic heterocycles. The second-order valence-corrected chi connectivity index (χ2v) is 32.0. The van der Waals surface area contributed by atoms with E-state index < -0.39 is 14.5 Å². The molecule has 6 saturated heterocycles. The lowest BCUT2D eigenvalue weighted by molar-refractivity contribution is -0.110. The minimum Gasteiger partial charge on any atom is -0.253 e. The predicted molar refractivity (Wildman–Crippen MR) is 133 cm³/mol. The molecule has 4 unspecified atom stereocenters. The van der Waals surface area contributed by atoms with Crippen LogP contribution in [-0.4, -0.2) is 30.7 Å². The summed E-state index contributed by atoms with van der Waals surface area (Å²) in [4.78, 5) is 14.0. The fourth-order valence-corrected chi connectivity index (χ4v) is 74.5. The van der Waals surface area contributed by atoms with Gasteiger partial charge in [-0.1, -0.05) is 83.1 Å². The first-order chi connectivity index (χ1) is 12.2. The van der Waals surface area contributed by atoms with Crippen molar-refractivity contribution in [2.24, 2.45) is 21.7 Å². The van der Waals surface area contributed by atoms with E-state index in [0.717, 1.165) is 0 Å². The molecular weight excluding hydrogens is 416 g/mol. The Labute approximate surface area is 177 Å². The summed E-state index contributed by atoms with van der Waals surface area (Å²) < 4.78 is 2.09. The fourth-order valence-electron chi connectivity index (χ4n) is 10.7. The molecule has 6 rings (SSSR count). The van der Waals surface area contributed by atoms with E-state index in [-0.39, 0.29) is 15.8 Å². The van der Waals surface area contributed by atoms with Crippen LogP contribution >= 0.6 is 30.4 Å². The quantitative estimate of drug-likeness (QED) is 0.358. The molecule has 28 heavy (non-hydrogen) atoms. The van der Waals surface area contributed by atoms with Crippen molar-refractivity contribution in [2.75, 3.05) is 6.66 Å². The van der Waals surface area contributed by atoms with Gasteiger partial charge in [0.2, 0.25) is 9.28 Å². The van der Waals surface area contributed by atoms with Crippen molar-refractivity contribution < 1.29 is 4.79 Å². The third kappa shape index (κ3) is 1.07. The number of hydrogen-bond acceptors (Lipinski definition) is 1. The van der Waals surface area contributed by atoms with Gasteiger partial charge in [-0.2, -0.15) is 0 Å². The van der Waals surface area contributed by atoms with Crippen LogP contribution in [0.1, 0.15) is 90.0 Å². The molecule has 5 heteroatoms. The molecule has 0 aliphatic carbocycles. The Morgan fingerprint density at radius 2 is 0.964 bits per heavy atom. The van der Waals surface area contributed by atoms with Gasteiger partial charge in [0.25, 0.3) is 5.52 Å². The van der Waals surface area contributed by atoms with Crippen LogP contribution in [0.5, 0.6) is 0 Å². The summed E-state index contributed by atoms with van der Waals surface area (Å²) in [6.07, 6.45) is 0. The van der Waals surface area contributed by atoms with Crippen LogP contribution in [0.25, 0.3) is 0 Å². The van der Waals surface area contributed by atoms with Crippen molar-refractivity contribution in [1.82, 2.24) is 0 Å². The molecule has 158 valence electrons. The second-order valence-electron chi connectivity index (χ2n) is 14.4. The Kier molecular flexibility index (Phi) is 3.26. The Balaban J connectivity index is 1.92. The first-order valence-electron chi connectivity index (χ1n) is 11.1. The van der Waals surface area contributed by atoms with Gasteiger partial charge in [-0.25, -0.2) is 0 Å². The molecule has 1 nitrogen and oxygen atoms in total. The topological polar surface area (TPSA) is 17.1 Å². The maximum absolute atomic E-state index is 14.0. The van der Waals surface area contributed by atoms with E-state index >= 15 is 0 Å². The van der Waals surface area contributed by atoms with Crippen LogP contribution in [0.3, 0.4) is 0 Å². The molecule has 6 aliphatic rings. The van der Waals surface area contributed by atoms with E-state index in [2.05, 4.69) is 89.7 Å². The van der Waals surface area contributed by atoms with Gasteiger partial charge in [-0.3, -0.25) is 4.79 Å². The summed E-state index contributed by atoms with van der Waals surface area (Å²) in [5, 5.41) is 0. The molecule has 0 bridgehead atoms. The zero-order valence-electron chi connectivity index (χ0n) is 20.7. The summed E-state index contributed by atoms with van der Waals surface area (Å²) in [7, 11) is -2.95. The van der Waals surface area contributed by atoms with Gasteiger partial charge in [0, 0.05) is 28.6 Å². The van der Waals surface area contributed by atoms with Crippen molar-refractivity contribution >= 4 is 35.9 Å². The monoisotopic (exact) mass is 458 g/mol. The number of rotatable bonds is 1. The lowest BCUT2D eigenvalue weighted by Crippen LogP contribution is -3.08. The average molecular weight is 458 g/mol. The maximum atomic E-state index is 14.0. The fraction of sp³-hybridized carbons (Fsp3) is 0.957. The van der Waals surface area contributed by atoms with E-state index in [1.165, 1.54) is 0 Å². The number of hydrogen-bond donors (Lipinski definition) is 0. The lowest BCUT2D eigenvalue weighted by atomic mass is 9.95. The zero-order valence-corrected chi connectivity index (χ0v) is 24.3. The highest BCUT2D eigenvalue weighted by atomic mass is 31.5. The Hall–Kier alpha value is 1.39. The summed E-state index contributed by atoms with van der Waals surface area (Å²) in [5.41, 5.74) is 1.98.